The van der Waals surface area contributed by atoms with E-state index in [1.54, 1.807) is 36.5 Å². The fourth-order valence-electron chi connectivity index (χ4n) is 8.76. The number of hydrogen-bond donors (Lipinski definition) is 3. The number of aliphatic hydroxyl groups excluding tert-OH is 1. The highest BCUT2D eigenvalue weighted by Crippen LogP contribution is 2.39. The van der Waals surface area contributed by atoms with E-state index in [0.717, 1.165) is 6.29 Å². The van der Waals surface area contributed by atoms with Crippen molar-refractivity contribution in [3.63, 3.8) is 0 Å². The molecule has 0 bridgehead atoms. The van der Waals surface area contributed by atoms with E-state index in [1.165, 1.54) is 18.3 Å². The molecule has 59 heavy (non-hydrogen) atoms. The second-order valence-electron chi connectivity index (χ2n) is 16.5. The zero-order valence-electron chi connectivity index (χ0n) is 36.4. The number of carbonyl (C=O) groups excluding carboxylic acids is 4. The van der Waals surface area contributed by atoms with Crippen LogP contribution in [0.15, 0.2) is 6.20 Å². The lowest BCUT2D eigenvalue weighted by Gasteiger charge is -2.40. The summed E-state index contributed by atoms with van der Waals surface area (Å²) in [6, 6.07) is -1.18. The maximum Gasteiger partial charge on any atom is 0.410 e. The lowest BCUT2D eigenvalue weighted by Crippen LogP contribution is -2.60. The number of anilines is 1. The summed E-state index contributed by atoms with van der Waals surface area (Å²) in [4.78, 5) is 57.9. The van der Waals surface area contributed by atoms with Gasteiger partial charge in [0.1, 0.15) is 30.1 Å². The van der Waals surface area contributed by atoms with Crippen molar-refractivity contribution in [1.82, 2.24) is 40.3 Å². The first kappa shape index (κ1) is 48.1. The first-order valence-electron chi connectivity index (χ1n) is 21.0. The molecular weight excluding hydrogens is 783 g/mol. The van der Waals surface area contributed by atoms with Gasteiger partial charge in [0.2, 0.25) is 5.13 Å². The Hall–Kier alpha value is -3.62. The molecule has 0 radical (unpaired) electrons. The number of aromatic nitrogens is 5. The summed E-state index contributed by atoms with van der Waals surface area (Å²) in [5, 5.41) is 32.3. The van der Waals surface area contributed by atoms with Gasteiger partial charge in [-0.15, -0.1) is 15.3 Å². The van der Waals surface area contributed by atoms with Gasteiger partial charge in [-0.25, -0.2) is 4.79 Å². The van der Waals surface area contributed by atoms with Gasteiger partial charge < -0.3 is 44.8 Å². The molecule has 4 heterocycles. The van der Waals surface area contributed by atoms with Crippen molar-refractivity contribution in [2.45, 2.75) is 149 Å². The van der Waals surface area contributed by atoms with Crippen LogP contribution in [0.5, 0.6) is 0 Å². The highest BCUT2D eigenvalue weighted by atomic mass is 32.1. The van der Waals surface area contributed by atoms with Gasteiger partial charge in [0.15, 0.2) is 22.7 Å². The van der Waals surface area contributed by atoms with E-state index in [1.807, 2.05) is 39.8 Å². The Morgan fingerprint density at radius 3 is 2.44 bits per heavy atom. The lowest BCUT2D eigenvalue weighted by molar-refractivity contribution is -0.241. The average molecular weight is 850 g/mol. The Balaban J connectivity index is 1.60. The van der Waals surface area contributed by atoms with Crippen LogP contribution >= 0.6 is 11.3 Å². The topological polar surface area (TPSA) is 226 Å². The summed E-state index contributed by atoms with van der Waals surface area (Å²) in [5.74, 6) is -3.75. The standard InChI is InChI=1S/C40H67N9O9S/c1-11-29(47(9)10)32(52)37(55-13-3)57-33-24(5)31(51)25(6)36(53)56-30(12-2)40(8)34(26(7)42-21-23(4)20-27(33)16-19-50)49(39(54)58-40)18-15-14-17-48-22-28(43-46-48)35-44-45-38(41)59-35/h19,22-27,29-30,32-34,37,42,52H,11-18,20-21H2,1-10H3,(H2,41,45)/t23-,24+,25-,26-,27+,29?,30-,32?,33-,34-,37+,40-/m1/s1. The summed E-state index contributed by atoms with van der Waals surface area (Å²) in [6.07, 6.45) is 0.964. The van der Waals surface area contributed by atoms with E-state index in [-0.39, 0.29) is 31.0 Å². The van der Waals surface area contributed by atoms with Crippen molar-refractivity contribution in [3.8, 4) is 10.7 Å². The Labute approximate surface area is 352 Å². The molecule has 332 valence electrons. The van der Waals surface area contributed by atoms with Crippen molar-refractivity contribution < 1.29 is 43.2 Å². The minimum absolute atomic E-state index is 0.0271. The molecule has 4 rings (SSSR count). The number of nitrogens with one attached hydrogen (secondary N) is 1. The summed E-state index contributed by atoms with van der Waals surface area (Å²) < 4.78 is 26.7. The Morgan fingerprint density at radius 1 is 1.12 bits per heavy atom. The number of carbonyl (C=O) groups is 4. The number of aryl methyl sites for hydroxylation is 1. The van der Waals surface area contributed by atoms with Gasteiger partial charge >= 0.3 is 12.1 Å². The van der Waals surface area contributed by atoms with Gasteiger partial charge in [0, 0.05) is 44.1 Å². The quantitative estimate of drug-likeness (QED) is 0.0680. The van der Waals surface area contributed by atoms with Crippen molar-refractivity contribution in [2.24, 2.45) is 23.7 Å². The number of aldehydes is 1. The molecule has 0 spiro atoms. The molecule has 4 N–H and O–H groups in total. The van der Waals surface area contributed by atoms with Crippen LogP contribution in [-0.4, -0.2) is 146 Å². The minimum Gasteiger partial charge on any atom is -0.458 e. The molecule has 2 aromatic heterocycles. The number of likely N-dealkylation sites (N-methyl/N-ethyl adjacent to an activating group) is 1. The number of cyclic esters (lactones) is 1. The van der Waals surface area contributed by atoms with E-state index in [2.05, 4.69) is 32.7 Å². The number of aliphatic hydroxyl groups is 1. The Kier molecular flexibility index (Phi) is 17.7. The Morgan fingerprint density at radius 2 is 1.83 bits per heavy atom. The zero-order chi connectivity index (χ0) is 43.6. The second-order valence-corrected chi connectivity index (χ2v) is 17.5. The molecule has 0 aromatic carbocycles. The summed E-state index contributed by atoms with van der Waals surface area (Å²) in [7, 11) is 3.73. The van der Waals surface area contributed by atoms with Crippen LogP contribution in [-0.2, 0) is 39.9 Å². The third-order valence-corrected chi connectivity index (χ3v) is 12.7. The van der Waals surface area contributed by atoms with Gasteiger partial charge in [0.25, 0.3) is 0 Å². The van der Waals surface area contributed by atoms with Gasteiger partial charge in [0.05, 0.1) is 18.3 Å². The predicted molar refractivity (Wildman–Crippen MR) is 221 cm³/mol. The average Bonchev–Trinajstić information content (AvgIpc) is 3.92. The molecule has 0 aliphatic carbocycles. The number of ketones is 1. The summed E-state index contributed by atoms with van der Waals surface area (Å²) >= 11 is 1.23. The third kappa shape index (κ3) is 11.6. The monoisotopic (exact) mass is 849 g/mol. The fourth-order valence-corrected chi connectivity index (χ4v) is 9.32. The molecule has 2 aromatic rings. The first-order valence-corrected chi connectivity index (χ1v) is 21.8. The number of amides is 1. The smallest absolute Gasteiger partial charge is 0.410 e. The minimum atomic E-state index is -1.26. The largest absolute Gasteiger partial charge is 0.458 e. The van der Waals surface area contributed by atoms with Crippen LogP contribution in [0.4, 0.5) is 9.93 Å². The summed E-state index contributed by atoms with van der Waals surface area (Å²) in [5.41, 5.74) is 5.04. The van der Waals surface area contributed by atoms with Crippen molar-refractivity contribution in [3.05, 3.63) is 6.20 Å². The number of Topliss-reactive ketones (excluding diaryl/α,β-unsaturated/α-hetero) is 1. The number of nitrogens with zero attached hydrogens (tertiary/aromatic N) is 7. The number of nitrogen functional groups attached to an aromatic ring is 1. The van der Waals surface area contributed by atoms with Crippen LogP contribution in [0, 0.1) is 23.7 Å². The number of fused-ring (bicyclic) bond motifs is 1. The number of hydrogen-bond acceptors (Lipinski definition) is 17. The van der Waals surface area contributed by atoms with Crippen LogP contribution in [0.3, 0.4) is 0 Å². The van der Waals surface area contributed by atoms with E-state index in [0.29, 0.717) is 67.6 Å². The zero-order valence-corrected chi connectivity index (χ0v) is 37.2. The molecule has 1 amide bonds. The first-order chi connectivity index (χ1) is 28.0. The molecule has 19 heteroatoms. The van der Waals surface area contributed by atoms with Crippen LogP contribution in [0.1, 0.15) is 93.9 Å². The molecular formula is C40H67N9O9S. The number of rotatable bonds is 17. The molecule has 2 saturated heterocycles. The molecule has 18 nitrogen and oxygen atoms in total. The number of ether oxygens (including phenoxy) is 4. The van der Waals surface area contributed by atoms with Crippen molar-refractivity contribution in [1.29, 1.82) is 0 Å². The lowest BCUT2D eigenvalue weighted by atomic mass is 9.79. The highest BCUT2D eigenvalue weighted by molar-refractivity contribution is 7.18. The van der Waals surface area contributed by atoms with E-state index >= 15 is 0 Å². The van der Waals surface area contributed by atoms with E-state index < -0.39 is 71.8 Å². The number of unbranched alkanes of at least 4 members (excludes halogenated alkanes) is 1. The van der Waals surface area contributed by atoms with Gasteiger partial charge in [-0.05, 0) is 92.3 Å². The molecule has 2 unspecified atom stereocenters. The van der Waals surface area contributed by atoms with Crippen LogP contribution in [0.25, 0.3) is 10.7 Å². The maximum atomic E-state index is 14.3. The fraction of sp³-hybridized carbons (Fsp3) is 0.800. The van der Waals surface area contributed by atoms with Gasteiger partial charge in [-0.1, -0.05) is 44.2 Å². The summed E-state index contributed by atoms with van der Waals surface area (Å²) in [6.45, 7) is 16.3. The Bertz CT molecular complexity index is 1680. The number of nitrogens with two attached hydrogens (primary N) is 1. The highest BCUT2D eigenvalue weighted by Gasteiger charge is 2.58. The maximum absolute atomic E-state index is 14.3. The second kappa shape index (κ2) is 21.8. The molecule has 2 fully saturated rings. The normalized spacial score (nSPS) is 30.2. The van der Waals surface area contributed by atoms with Crippen LogP contribution in [0.2, 0.25) is 0 Å². The predicted octanol–water partition coefficient (Wildman–Crippen LogP) is 3.57. The molecule has 2 aliphatic heterocycles. The SMILES string of the molecule is CCO[C@@H](O[C@H]1[C@@H](CC=O)C[C@@H](C)CN[C@H](C)[C@H]2N(CCCCn3cc(-c4nnc(N)s4)nn3)C(=O)O[C@]2(C)[C@@H](CC)OC(=O)[C@H](C)C(=O)[C@@H]1C)C(O)C(CC)N(C)C. The van der Waals surface area contributed by atoms with E-state index in [9.17, 15) is 24.3 Å². The molecule has 0 saturated carbocycles. The van der Waals surface area contributed by atoms with E-state index in [4.69, 9.17) is 24.7 Å². The number of esters is 1. The van der Waals surface area contributed by atoms with Gasteiger partial charge in [-0.3, -0.25) is 19.2 Å². The van der Waals surface area contributed by atoms with Crippen molar-refractivity contribution >= 4 is 40.6 Å². The third-order valence-electron chi connectivity index (χ3n) is 11.9. The molecule has 2 aliphatic rings. The molecule has 12 atom stereocenters. The van der Waals surface area contributed by atoms with Crippen LogP contribution < -0.4 is 11.1 Å². The van der Waals surface area contributed by atoms with Crippen molar-refractivity contribution in [2.75, 3.05) is 39.5 Å². The van der Waals surface area contributed by atoms with Gasteiger partial charge in [-0.2, -0.15) is 0 Å².